The van der Waals surface area contributed by atoms with E-state index in [0.29, 0.717) is 13.0 Å². The van der Waals surface area contributed by atoms with Gasteiger partial charge >= 0.3 is 12.4 Å². The highest BCUT2D eigenvalue weighted by Crippen LogP contribution is 2.12. The molecule has 95 valence electrons. The van der Waals surface area contributed by atoms with Crippen LogP contribution in [0.4, 0.5) is 4.79 Å². The number of nitrogens with zero attached hydrogens (tertiary/aromatic N) is 1. The SMILES string of the molecule is CC(C)NC(=O)N1CCCC[C@H](N[C]=O)C1=O. The van der Waals surface area contributed by atoms with Crippen molar-refractivity contribution in [2.24, 2.45) is 0 Å². The van der Waals surface area contributed by atoms with Crippen LogP contribution >= 0.6 is 0 Å². The number of hydrogen-bond acceptors (Lipinski definition) is 3. The van der Waals surface area contributed by atoms with Crippen molar-refractivity contribution in [3.8, 4) is 0 Å². The fraction of sp³-hybridized carbons (Fsp3) is 0.727. The molecule has 1 atom stereocenters. The first kappa shape index (κ1) is 13.5. The van der Waals surface area contributed by atoms with Crippen molar-refractivity contribution >= 4 is 18.3 Å². The highest BCUT2D eigenvalue weighted by molar-refractivity contribution is 5.98. The Bertz CT molecular complexity index is 304. The Morgan fingerprint density at radius 3 is 2.76 bits per heavy atom. The molecule has 0 aromatic carbocycles. The molecule has 6 heteroatoms. The van der Waals surface area contributed by atoms with Gasteiger partial charge in [0.1, 0.15) is 6.04 Å². The van der Waals surface area contributed by atoms with Crippen LogP contribution in [0.25, 0.3) is 0 Å². The van der Waals surface area contributed by atoms with Crippen molar-refractivity contribution < 1.29 is 14.4 Å². The second kappa shape index (κ2) is 6.22. The van der Waals surface area contributed by atoms with Gasteiger partial charge in [-0.3, -0.25) is 14.5 Å². The monoisotopic (exact) mass is 240 g/mol. The minimum Gasteiger partial charge on any atom is -0.336 e. The third-order valence-corrected chi connectivity index (χ3v) is 2.58. The van der Waals surface area contributed by atoms with Gasteiger partial charge in [0.05, 0.1) is 0 Å². The van der Waals surface area contributed by atoms with E-state index in [1.54, 1.807) is 0 Å². The van der Waals surface area contributed by atoms with E-state index in [4.69, 9.17) is 0 Å². The number of amides is 4. The summed E-state index contributed by atoms with van der Waals surface area (Å²) in [6, 6.07) is -1.06. The van der Waals surface area contributed by atoms with E-state index in [2.05, 4.69) is 10.6 Å². The molecule has 17 heavy (non-hydrogen) atoms. The Kier molecular flexibility index (Phi) is 4.93. The Morgan fingerprint density at radius 1 is 1.47 bits per heavy atom. The van der Waals surface area contributed by atoms with Crippen molar-refractivity contribution in [3.63, 3.8) is 0 Å². The van der Waals surface area contributed by atoms with E-state index in [-0.39, 0.29) is 11.9 Å². The molecule has 6 nitrogen and oxygen atoms in total. The summed E-state index contributed by atoms with van der Waals surface area (Å²) in [5, 5.41) is 5.01. The number of hydrogen-bond donors (Lipinski definition) is 2. The van der Waals surface area contributed by atoms with Crippen molar-refractivity contribution in [1.29, 1.82) is 0 Å². The van der Waals surface area contributed by atoms with Crippen molar-refractivity contribution in [1.82, 2.24) is 15.5 Å². The summed E-state index contributed by atoms with van der Waals surface area (Å²) in [6.45, 7) is 4.05. The zero-order valence-corrected chi connectivity index (χ0v) is 10.2. The van der Waals surface area contributed by atoms with Gasteiger partial charge in [-0.25, -0.2) is 4.79 Å². The average Bonchev–Trinajstić information content (AvgIpc) is 2.41. The van der Waals surface area contributed by atoms with Crippen LogP contribution in [0.2, 0.25) is 0 Å². The molecule has 1 heterocycles. The van der Waals surface area contributed by atoms with Gasteiger partial charge in [-0.05, 0) is 33.1 Å². The number of carbonyl (C=O) groups is 2. The summed E-state index contributed by atoms with van der Waals surface area (Å²) in [4.78, 5) is 35.2. The number of carbonyl (C=O) groups excluding carboxylic acids is 3. The highest BCUT2D eigenvalue weighted by Gasteiger charge is 2.30. The second-order valence-corrected chi connectivity index (χ2v) is 4.39. The smallest absolute Gasteiger partial charge is 0.324 e. The van der Waals surface area contributed by atoms with E-state index in [9.17, 15) is 14.4 Å². The van der Waals surface area contributed by atoms with Gasteiger partial charge in [0.25, 0.3) is 5.91 Å². The van der Waals surface area contributed by atoms with Crippen LogP contribution in [-0.4, -0.2) is 41.9 Å². The molecule has 1 fully saturated rings. The standard InChI is InChI=1S/C11H18N3O3/c1-8(2)13-11(17)14-6-4-3-5-9(10(14)16)12-7-15/h8-9H,3-6H2,1-2H3,(H,12,15)(H,13,17)/t9-/m0/s1. The average molecular weight is 240 g/mol. The predicted octanol–water partition coefficient (Wildman–Crippen LogP) is 0.142. The van der Waals surface area contributed by atoms with Crippen LogP contribution in [-0.2, 0) is 9.59 Å². The molecule has 1 radical (unpaired) electrons. The molecule has 0 unspecified atom stereocenters. The zero-order chi connectivity index (χ0) is 12.8. The topological polar surface area (TPSA) is 78.5 Å². The third kappa shape index (κ3) is 3.72. The molecule has 0 saturated carbocycles. The lowest BCUT2D eigenvalue weighted by Gasteiger charge is -2.23. The first-order valence-corrected chi connectivity index (χ1v) is 5.80. The van der Waals surface area contributed by atoms with Crippen LogP contribution in [0, 0.1) is 0 Å². The summed E-state index contributed by atoms with van der Waals surface area (Å²) < 4.78 is 0. The molecule has 0 spiro atoms. The molecule has 1 rings (SSSR count). The van der Waals surface area contributed by atoms with E-state index >= 15 is 0 Å². The molecule has 1 aliphatic heterocycles. The summed E-state index contributed by atoms with van der Waals surface area (Å²) in [5.74, 6) is -0.357. The van der Waals surface area contributed by atoms with Gasteiger partial charge in [-0.15, -0.1) is 0 Å². The first-order chi connectivity index (χ1) is 8.06. The summed E-state index contributed by atoms with van der Waals surface area (Å²) in [6.07, 6.45) is 3.63. The fourth-order valence-electron chi connectivity index (χ4n) is 1.77. The number of rotatable bonds is 3. The lowest BCUT2D eigenvalue weighted by Crippen LogP contribution is -2.51. The molecule has 2 N–H and O–H groups in total. The molecule has 4 amide bonds. The van der Waals surface area contributed by atoms with Crippen molar-refractivity contribution in [3.05, 3.63) is 0 Å². The van der Waals surface area contributed by atoms with Gasteiger partial charge in [0.2, 0.25) is 0 Å². The van der Waals surface area contributed by atoms with Crippen LogP contribution in [0.3, 0.4) is 0 Å². The molecular formula is C11H18N3O3. The molecule has 0 aliphatic carbocycles. The molecule has 1 saturated heterocycles. The summed E-state index contributed by atoms with van der Waals surface area (Å²) in [7, 11) is 0. The van der Waals surface area contributed by atoms with Gasteiger partial charge in [0.15, 0.2) is 0 Å². The van der Waals surface area contributed by atoms with Crippen molar-refractivity contribution in [2.75, 3.05) is 6.54 Å². The van der Waals surface area contributed by atoms with E-state index in [1.807, 2.05) is 13.8 Å². The maximum Gasteiger partial charge on any atom is 0.324 e. The molecular weight excluding hydrogens is 222 g/mol. The summed E-state index contributed by atoms with van der Waals surface area (Å²) >= 11 is 0. The molecule has 0 aromatic heterocycles. The number of likely N-dealkylation sites (tertiary alicyclic amines) is 1. The quantitative estimate of drug-likeness (QED) is 0.689. The highest BCUT2D eigenvalue weighted by atomic mass is 16.2. The normalized spacial score (nSPS) is 21.0. The third-order valence-electron chi connectivity index (χ3n) is 2.58. The first-order valence-electron chi connectivity index (χ1n) is 5.80. The Balaban J connectivity index is 2.71. The number of urea groups is 1. The fourth-order valence-corrected chi connectivity index (χ4v) is 1.77. The van der Waals surface area contributed by atoms with Crippen molar-refractivity contribution in [2.45, 2.75) is 45.2 Å². The number of nitrogens with one attached hydrogen (secondary N) is 2. The number of imide groups is 1. The lowest BCUT2D eigenvalue weighted by atomic mass is 10.1. The van der Waals surface area contributed by atoms with Crippen LogP contribution in [0.5, 0.6) is 0 Å². The minimum atomic E-state index is -0.632. The molecule has 0 aromatic rings. The maximum absolute atomic E-state index is 12.0. The molecule has 0 bridgehead atoms. The van der Waals surface area contributed by atoms with Gasteiger partial charge < -0.3 is 10.6 Å². The second-order valence-electron chi connectivity index (χ2n) is 4.39. The maximum atomic E-state index is 12.0. The Hall–Kier alpha value is -1.59. The molecule has 1 aliphatic rings. The van der Waals surface area contributed by atoms with Crippen LogP contribution < -0.4 is 10.6 Å². The Labute approximate surface area is 101 Å². The van der Waals surface area contributed by atoms with Gasteiger partial charge in [-0.2, -0.15) is 0 Å². The zero-order valence-electron chi connectivity index (χ0n) is 10.2. The summed E-state index contributed by atoms with van der Waals surface area (Å²) in [5.41, 5.74) is 0. The van der Waals surface area contributed by atoms with Crippen LogP contribution in [0.15, 0.2) is 0 Å². The lowest BCUT2D eigenvalue weighted by molar-refractivity contribution is -0.129. The van der Waals surface area contributed by atoms with E-state index in [0.717, 1.165) is 12.8 Å². The van der Waals surface area contributed by atoms with E-state index in [1.165, 1.54) is 11.3 Å². The predicted molar refractivity (Wildman–Crippen MR) is 61.8 cm³/mol. The Morgan fingerprint density at radius 2 is 2.18 bits per heavy atom. The van der Waals surface area contributed by atoms with Gasteiger partial charge in [-0.1, -0.05) is 0 Å². The van der Waals surface area contributed by atoms with Crippen LogP contribution in [0.1, 0.15) is 33.1 Å². The van der Waals surface area contributed by atoms with E-state index < -0.39 is 12.1 Å². The largest absolute Gasteiger partial charge is 0.336 e. The minimum absolute atomic E-state index is 0.0254. The van der Waals surface area contributed by atoms with Gasteiger partial charge in [0, 0.05) is 12.6 Å².